The summed E-state index contributed by atoms with van der Waals surface area (Å²) in [7, 11) is 0. The largest absolute Gasteiger partial charge is 0.288 e. The second-order valence-electron chi connectivity index (χ2n) is 4.57. The number of rotatable bonds is 4. The minimum atomic E-state index is -0.580. The van der Waals surface area contributed by atoms with Crippen molar-refractivity contribution >= 4 is 40.5 Å². The molecule has 0 bridgehead atoms. The molecule has 2 aromatic carbocycles. The van der Waals surface area contributed by atoms with Crippen LogP contribution in [-0.4, -0.2) is 16.5 Å². The number of carbonyl (C=O) groups is 1. The molecule has 0 aromatic heterocycles. The van der Waals surface area contributed by atoms with Crippen LogP contribution in [0.15, 0.2) is 47.6 Å². The van der Waals surface area contributed by atoms with Crippen molar-refractivity contribution in [2.45, 2.75) is 6.92 Å². The highest BCUT2D eigenvalue weighted by Gasteiger charge is 2.14. The summed E-state index contributed by atoms with van der Waals surface area (Å²) in [5.41, 5.74) is 3.39. The van der Waals surface area contributed by atoms with E-state index in [9.17, 15) is 14.9 Å². The monoisotopic (exact) mass is 351 g/mol. The normalized spacial score (nSPS) is 11.2. The molecule has 0 aliphatic rings. The molecule has 0 unspecified atom stereocenters. The average Bonchev–Trinajstić information content (AvgIpc) is 2.52. The Morgan fingerprint density at radius 3 is 2.57 bits per heavy atom. The number of hydrazone groups is 1. The van der Waals surface area contributed by atoms with Gasteiger partial charge in [-0.1, -0.05) is 35.3 Å². The molecule has 0 fully saturated rings. The molecule has 0 saturated carbocycles. The molecular weight excluding hydrogens is 341 g/mol. The van der Waals surface area contributed by atoms with E-state index in [4.69, 9.17) is 23.2 Å². The van der Waals surface area contributed by atoms with E-state index in [1.165, 1.54) is 18.2 Å². The quantitative estimate of drug-likeness (QED) is 0.512. The van der Waals surface area contributed by atoms with Gasteiger partial charge in [-0.25, -0.2) is 5.43 Å². The smallest absolute Gasteiger partial charge is 0.267 e. The molecule has 23 heavy (non-hydrogen) atoms. The molecule has 0 radical (unpaired) electrons. The van der Waals surface area contributed by atoms with Gasteiger partial charge in [-0.15, -0.1) is 0 Å². The van der Waals surface area contributed by atoms with Crippen LogP contribution in [0.1, 0.15) is 22.8 Å². The van der Waals surface area contributed by atoms with Crippen molar-refractivity contribution < 1.29 is 9.72 Å². The standard InChI is InChI=1S/C15H11Cl2N3O3/c1-9(10-5-6-13(17)14(8-10)20(22)23)18-19-15(21)11-3-2-4-12(16)7-11/h2-8H,1H3,(H,19,21)/b18-9+. The van der Waals surface area contributed by atoms with Crippen molar-refractivity contribution in [3.05, 3.63) is 73.8 Å². The first-order valence-electron chi connectivity index (χ1n) is 6.43. The van der Waals surface area contributed by atoms with E-state index in [0.717, 1.165) is 0 Å². The van der Waals surface area contributed by atoms with E-state index in [-0.39, 0.29) is 10.7 Å². The van der Waals surface area contributed by atoms with Gasteiger partial charge in [0.25, 0.3) is 11.6 Å². The molecule has 6 nitrogen and oxygen atoms in total. The summed E-state index contributed by atoms with van der Waals surface area (Å²) in [4.78, 5) is 22.3. The first-order valence-corrected chi connectivity index (χ1v) is 7.18. The van der Waals surface area contributed by atoms with Crippen molar-refractivity contribution in [3.8, 4) is 0 Å². The van der Waals surface area contributed by atoms with Crippen LogP contribution in [-0.2, 0) is 0 Å². The number of nitrogens with one attached hydrogen (secondary N) is 1. The maximum Gasteiger partial charge on any atom is 0.288 e. The second kappa shape index (κ2) is 7.21. The lowest BCUT2D eigenvalue weighted by Crippen LogP contribution is -2.19. The molecule has 0 atom stereocenters. The van der Waals surface area contributed by atoms with Gasteiger partial charge in [0.1, 0.15) is 5.02 Å². The number of hydrogen-bond donors (Lipinski definition) is 1. The lowest BCUT2D eigenvalue weighted by Gasteiger charge is -2.04. The Bertz CT molecular complexity index is 806. The van der Waals surface area contributed by atoms with Crippen molar-refractivity contribution in [1.82, 2.24) is 5.43 Å². The van der Waals surface area contributed by atoms with Gasteiger partial charge in [-0.3, -0.25) is 14.9 Å². The summed E-state index contributed by atoms with van der Waals surface area (Å²) in [5.74, 6) is -0.435. The average molecular weight is 352 g/mol. The van der Waals surface area contributed by atoms with Crippen molar-refractivity contribution in [2.75, 3.05) is 0 Å². The van der Waals surface area contributed by atoms with Crippen LogP contribution < -0.4 is 5.43 Å². The van der Waals surface area contributed by atoms with Gasteiger partial charge >= 0.3 is 0 Å². The van der Waals surface area contributed by atoms with E-state index >= 15 is 0 Å². The third kappa shape index (κ3) is 4.28. The van der Waals surface area contributed by atoms with Gasteiger partial charge in [0.2, 0.25) is 0 Å². The van der Waals surface area contributed by atoms with Gasteiger partial charge < -0.3 is 0 Å². The van der Waals surface area contributed by atoms with Crippen LogP contribution in [0.4, 0.5) is 5.69 Å². The van der Waals surface area contributed by atoms with Gasteiger partial charge in [0.15, 0.2) is 0 Å². The fraction of sp³-hybridized carbons (Fsp3) is 0.0667. The van der Waals surface area contributed by atoms with Crippen LogP contribution >= 0.6 is 23.2 Å². The molecule has 0 heterocycles. The summed E-state index contributed by atoms with van der Waals surface area (Å²) < 4.78 is 0. The van der Waals surface area contributed by atoms with Crippen LogP contribution in [0.3, 0.4) is 0 Å². The van der Waals surface area contributed by atoms with Crippen molar-refractivity contribution in [1.29, 1.82) is 0 Å². The Morgan fingerprint density at radius 2 is 1.91 bits per heavy atom. The Hall–Kier alpha value is -2.44. The minimum Gasteiger partial charge on any atom is -0.267 e. The molecule has 0 saturated heterocycles. The zero-order chi connectivity index (χ0) is 17.0. The van der Waals surface area contributed by atoms with Crippen LogP contribution in [0.2, 0.25) is 10.0 Å². The molecule has 118 valence electrons. The predicted molar refractivity (Wildman–Crippen MR) is 89.2 cm³/mol. The molecule has 1 N–H and O–H groups in total. The number of nitrogens with zero attached hydrogens (tertiary/aromatic N) is 2. The summed E-state index contributed by atoms with van der Waals surface area (Å²) in [5, 5.41) is 15.3. The lowest BCUT2D eigenvalue weighted by molar-refractivity contribution is -0.384. The first kappa shape index (κ1) is 16.9. The van der Waals surface area contributed by atoms with Crippen LogP contribution in [0, 0.1) is 10.1 Å². The molecule has 1 amide bonds. The van der Waals surface area contributed by atoms with E-state index in [0.29, 0.717) is 21.9 Å². The van der Waals surface area contributed by atoms with Gasteiger partial charge in [0, 0.05) is 22.2 Å². The van der Waals surface area contributed by atoms with Crippen molar-refractivity contribution in [3.63, 3.8) is 0 Å². The number of halogens is 2. The third-order valence-corrected chi connectivity index (χ3v) is 3.53. The number of benzene rings is 2. The summed E-state index contributed by atoms with van der Waals surface area (Å²) >= 11 is 11.6. The zero-order valence-corrected chi connectivity index (χ0v) is 13.4. The molecule has 8 heteroatoms. The fourth-order valence-corrected chi connectivity index (χ4v) is 2.15. The van der Waals surface area contributed by atoms with Crippen LogP contribution in [0.5, 0.6) is 0 Å². The van der Waals surface area contributed by atoms with E-state index < -0.39 is 10.8 Å². The molecule has 0 aliphatic heterocycles. The first-order chi connectivity index (χ1) is 10.9. The Kier molecular flexibility index (Phi) is 5.31. The third-order valence-electron chi connectivity index (χ3n) is 2.97. The predicted octanol–water partition coefficient (Wildman–Crippen LogP) is 4.06. The maximum atomic E-state index is 12.0. The zero-order valence-electron chi connectivity index (χ0n) is 11.9. The number of nitro benzene ring substituents is 1. The van der Waals surface area contributed by atoms with Gasteiger partial charge in [-0.2, -0.15) is 5.10 Å². The summed E-state index contributed by atoms with van der Waals surface area (Å²) in [6.07, 6.45) is 0. The highest BCUT2D eigenvalue weighted by atomic mass is 35.5. The summed E-state index contributed by atoms with van der Waals surface area (Å²) in [6.45, 7) is 1.62. The Morgan fingerprint density at radius 1 is 1.17 bits per heavy atom. The minimum absolute atomic E-state index is 0.0366. The summed E-state index contributed by atoms with van der Waals surface area (Å²) in [6, 6.07) is 10.7. The lowest BCUT2D eigenvalue weighted by atomic mass is 10.1. The van der Waals surface area contributed by atoms with Crippen LogP contribution in [0.25, 0.3) is 0 Å². The van der Waals surface area contributed by atoms with Gasteiger partial charge in [-0.05, 0) is 31.2 Å². The fourth-order valence-electron chi connectivity index (χ4n) is 1.77. The number of nitro groups is 1. The number of carbonyl (C=O) groups excluding carboxylic acids is 1. The topological polar surface area (TPSA) is 84.6 Å². The molecule has 2 aromatic rings. The van der Waals surface area contributed by atoms with Gasteiger partial charge in [0.05, 0.1) is 10.6 Å². The maximum absolute atomic E-state index is 12.0. The molecule has 0 spiro atoms. The SMILES string of the molecule is C/C(=N\NC(=O)c1cccc(Cl)c1)c1ccc(Cl)c([N+](=O)[O-])c1. The van der Waals surface area contributed by atoms with E-state index in [1.54, 1.807) is 31.2 Å². The molecular formula is C15H11Cl2N3O3. The second-order valence-corrected chi connectivity index (χ2v) is 5.42. The Balaban J connectivity index is 2.18. The molecule has 0 aliphatic carbocycles. The van der Waals surface area contributed by atoms with Crippen molar-refractivity contribution in [2.24, 2.45) is 5.10 Å². The number of hydrogen-bond acceptors (Lipinski definition) is 4. The molecule has 2 rings (SSSR count). The highest BCUT2D eigenvalue weighted by molar-refractivity contribution is 6.32. The van der Waals surface area contributed by atoms with E-state index in [1.807, 2.05) is 0 Å². The Labute approximate surface area is 141 Å². The number of amides is 1. The highest BCUT2D eigenvalue weighted by Crippen LogP contribution is 2.25. The van der Waals surface area contributed by atoms with E-state index in [2.05, 4.69) is 10.5 Å².